The third-order valence-electron chi connectivity index (χ3n) is 3.86. The third kappa shape index (κ3) is 6.94. The molecule has 6 nitrogen and oxygen atoms in total. The monoisotopic (exact) mass is 390 g/mol. The molecule has 27 heavy (non-hydrogen) atoms. The minimum Gasteiger partial charge on any atom is -0.494 e. The molecule has 0 bridgehead atoms. The van der Waals surface area contributed by atoms with E-state index < -0.39 is 10.0 Å². The number of nitrogens with one attached hydrogen (secondary N) is 1. The Morgan fingerprint density at radius 1 is 1.07 bits per heavy atom. The van der Waals surface area contributed by atoms with Gasteiger partial charge in [0.1, 0.15) is 12.3 Å². The average molecular weight is 391 g/mol. The molecule has 2 rings (SSSR count). The van der Waals surface area contributed by atoms with Crippen molar-refractivity contribution in [1.29, 1.82) is 0 Å². The Bertz CT molecular complexity index is 821. The van der Waals surface area contributed by atoms with Crippen molar-refractivity contribution in [1.82, 2.24) is 5.32 Å². The predicted molar refractivity (Wildman–Crippen MR) is 108 cm³/mol. The van der Waals surface area contributed by atoms with Crippen molar-refractivity contribution >= 4 is 21.6 Å². The number of benzene rings is 2. The summed E-state index contributed by atoms with van der Waals surface area (Å²) in [5, 5.41) is 2.77. The van der Waals surface area contributed by atoms with E-state index in [0.717, 1.165) is 22.5 Å². The summed E-state index contributed by atoms with van der Waals surface area (Å²) in [6.45, 7) is 2.79. The topological polar surface area (TPSA) is 75.7 Å². The van der Waals surface area contributed by atoms with Gasteiger partial charge in [0.25, 0.3) is 0 Å². The van der Waals surface area contributed by atoms with Crippen LogP contribution in [0.4, 0.5) is 5.69 Å². The van der Waals surface area contributed by atoms with Crippen LogP contribution in [-0.4, -0.2) is 40.3 Å². The Kier molecular flexibility index (Phi) is 7.67. The summed E-state index contributed by atoms with van der Waals surface area (Å²) in [5.74, 6) is 0.323. The van der Waals surface area contributed by atoms with Gasteiger partial charge in [0, 0.05) is 6.54 Å². The van der Waals surface area contributed by atoms with E-state index in [1.165, 1.54) is 0 Å². The van der Waals surface area contributed by atoms with Crippen molar-refractivity contribution in [2.24, 2.45) is 0 Å². The quantitative estimate of drug-likeness (QED) is 0.677. The van der Waals surface area contributed by atoms with Crippen molar-refractivity contribution in [3.63, 3.8) is 0 Å². The SMILES string of the molecule is CCCOc1ccc(N(CC(=O)NCCc2ccccc2)S(C)(=O)=O)cc1. The van der Waals surface area contributed by atoms with Gasteiger partial charge >= 0.3 is 0 Å². The van der Waals surface area contributed by atoms with Crippen LogP contribution in [0.5, 0.6) is 5.75 Å². The van der Waals surface area contributed by atoms with Crippen LogP contribution in [0.15, 0.2) is 54.6 Å². The molecule has 0 aromatic heterocycles. The van der Waals surface area contributed by atoms with E-state index >= 15 is 0 Å². The summed E-state index contributed by atoms with van der Waals surface area (Å²) >= 11 is 0. The largest absolute Gasteiger partial charge is 0.494 e. The lowest BCUT2D eigenvalue weighted by molar-refractivity contribution is -0.119. The van der Waals surface area contributed by atoms with Gasteiger partial charge in [0.2, 0.25) is 15.9 Å². The van der Waals surface area contributed by atoms with E-state index in [4.69, 9.17) is 4.74 Å². The molecule has 0 aliphatic rings. The fourth-order valence-corrected chi connectivity index (χ4v) is 3.36. The van der Waals surface area contributed by atoms with Crippen LogP contribution in [0.1, 0.15) is 18.9 Å². The summed E-state index contributed by atoms with van der Waals surface area (Å²) < 4.78 is 30.9. The van der Waals surface area contributed by atoms with Crippen LogP contribution in [0.3, 0.4) is 0 Å². The highest BCUT2D eigenvalue weighted by Crippen LogP contribution is 2.21. The fraction of sp³-hybridized carbons (Fsp3) is 0.350. The molecule has 0 fully saturated rings. The second-order valence-corrected chi connectivity index (χ2v) is 8.10. The molecule has 2 aromatic rings. The standard InChI is InChI=1S/C20H26N2O4S/c1-3-15-26-19-11-9-18(10-12-19)22(27(2,24)25)16-20(23)21-14-13-17-7-5-4-6-8-17/h4-12H,3,13-16H2,1-2H3,(H,21,23). The highest BCUT2D eigenvalue weighted by Gasteiger charge is 2.20. The maximum absolute atomic E-state index is 12.2. The minimum absolute atomic E-state index is 0.261. The number of rotatable bonds is 10. The third-order valence-corrected chi connectivity index (χ3v) is 5.00. The number of amides is 1. The maximum atomic E-state index is 12.2. The number of carbonyl (C=O) groups is 1. The first-order valence-corrected chi connectivity index (χ1v) is 10.8. The lowest BCUT2D eigenvalue weighted by atomic mass is 10.1. The molecule has 0 saturated heterocycles. The molecule has 146 valence electrons. The molecular formula is C20H26N2O4S. The number of carbonyl (C=O) groups excluding carboxylic acids is 1. The molecule has 0 heterocycles. The second-order valence-electron chi connectivity index (χ2n) is 6.20. The van der Waals surface area contributed by atoms with Crippen molar-refractivity contribution in [3.05, 3.63) is 60.2 Å². The number of anilines is 1. The normalized spacial score (nSPS) is 11.0. The maximum Gasteiger partial charge on any atom is 0.240 e. The summed E-state index contributed by atoms with van der Waals surface area (Å²) in [7, 11) is -3.59. The summed E-state index contributed by atoms with van der Waals surface area (Å²) in [4.78, 5) is 12.2. The molecule has 2 aromatic carbocycles. The zero-order valence-corrected chi connectivity index (χ0v) is 16.5. The van der Waals surface area contributed by atoms with Gasteiger partial charge in [-0.15, -0.1) is 0 Å². The molecule has 0 atom stereocenters. The van der Waals surface area contributed by atoms with Gasteiger partial charge in [-0.05, 0) is 42.7 Å². The van der Waals surface area contributed by atoms with Crippen molar-refractivity contribution < 1.29 is 17.9 Å². The highest BCUT2D eigenvalue weighted by atomic mass is 32.2. The number of ether oxygens (including phenoxy) is 1. The van der Waals surface area contributed by atoms with Gasteiger partial charge < -0.3 is 10.1 Å². The zero-order valence-electron chi connectivity index (χ0n) is 15.7. The number of sulfonamides is 1. The average Bonchev–Trinajstić information content (AvgIpc) is 2.65. The Morgan fingerprint density at radius 2 is 1.74 bits per heavy atom. The number of hydrogen-bond donors (Lipinski definition) is 1. The van der Waals surface area contributed by atoms with E-state index in [1.54, 1.807) is 24.3 Å². The summed E-state index contributed by atoms with van der Waals surface area (Å²) in [6, 6.07) is 16.5. The summed E-state index contributed by atoms with van der Waals surface area (Å²) in [6.07, 6.45) is 2.67. The van der Waals surface area contributed by atoms with Gasteiger partial charge in [-0.1, -0.05) is 37.3 Å². The molecule has 0 unspecified atom stereocenters. The number of nitrogens with zero attached hydrogens (tertiary/aromatic N) is 1. The van der Waals surface area contributed by atoms with E-state index in [2.05, 4.69) is 5.32 Å². The molecule has 1 amide bonds. The Labute approximate surface area is 161 Å². The first kappa shape index (κ1) is 20.8. The Balaban J connectivity index is 1.96. The molecule has 0 radical (unpaired) electrons. The van der Waals surface area contributed by atoms with E-state index in [9.17, 15) is 13.2 Å². The smallest absolute Gasteiger partial charge is 0.240 e. The lowest BCUT2D eigenvalue weighted by Gasteiger charge is -2.22. The fourth-order valence-electron chi connectivity index (χ4n) is 2.51. The van der Waals surface area contributed by atoms with Gasteiger partial charge in [0.15, 0.2) is 0 Å². The Morgan fingerprint density at radius 3 is 2.33 bits per heavy atom. The van der Waals surface area contributed by atoms with Crippen LogP contribution < -0.4 is 14.4 Å². The highest BCUT2D eigenvalue weighted by molar-refractivity contribution is 7.92. The molecule has 0 aliphatic carbocycles. The van der Waals surface area contributed by atoms with Crippen LogP contribution in [-0.2, 0) is 21.2 Å². The first-order chi connectivity index (χ1) is 12.9. The zero-order chi connectivity index (χ0) is 19.7. The van der Waals surface area contributed by atoms with Crippen molar-refractivity contribution in [2.45, 2.75) is 19.8 Å². The lowest BCUT2D eigenvalue weighted by Crippen LogP contribution is -2.40. The van der Waals surface area contributed by atoms with Crippen LogP contribution in [0.25, 0.3) is 0 Å². The molecule has 1 N–H and O–H groups in total. The van der Waals surface area contributed by atoms with Gasteiger partial charge in [-0.25, -0.2) is 8.42 Å². The van der Waals surface area contributed by atoms with Crippen LogP contribution >= 0.6 is 0 Å². The van der Waals surface area contributed by atoms with Crippen LogP contribution in [0, 0.1) is 0 Å². The van der Waals surface area contributed by atoms with E-state index in [-0.39, 0.29) is 12.5 Å². The van der Waals surface area contributed by atoms with E-state index in [0.29, 0.717) is 31.0 Å². The number of hydrogen-bond acceptors (Lipinski definition) is 4. The molecule has 0 saturated carbocycles. The van der Waals surface area contributed by atoms with Gasteiger partial charge in [-0.2, -0.15) is 0 Å². The van der Waals surface area contributed by atoms with E-state index in [1.807, 2.05) is 37.3 Å². The molecule has 0 spiro atoms. The second kappa shape index (κ2) is 9.97. The van der Waals surface area contributed by atoms with Gasteiger partial charge in [0.05, 0.1) is 18.6 Å². The molecule has 7 heteroatoms. The summed E-state index contributed by atoms with van der Waals surface area (Å²) in [5.41, 5.74) is 1.54. The first-order valence-electron chi connectivity index (χ1n) is 8.91. The van der Waals surface area contributed by atoms with Gasteiger partial charge in [-0.3, -0.25) is 9.10 Å². The molecular weight excluding hydrogens is 364 g/mol. The minimum atomic E-state index is -3.59. The van der Waals surface area contributed by atoms with Crippen LogP contribution in [0.2, 0.25) is 0 Å². The van der Waals surface area contributed by atoms with Crippen molar-refractivity contribution in [2.75, 3.05) is 30.3 Å². The Hall–Kier alpha value is -2.54. The molecule has 0 aliphatic heterocycles. The predicted octanol–water partition coefficient (Wildman–Crippen LogP) is 2.60. The van der Waals surface area contributed by atoms with Crippen molar-refractivity contribution in [3.8, 4) is 5.75 Å².